The van der Waals surface area contributed by atoms with Crippen LogP contribution in [0.1, 0.15) is 56.8 Å². The normalized spacial score (nSPS) is 14.4. The van der Waals surface area contributed by atoms with Gasteiger partial charge in [0, 0.05) is 55.4 Å². The van der Waals surface area contributed by atoms with E-state index in [1.807, 2.05) is 42.2 Å². The van der Waals surface area contributed by atoms with Gasteiger partial charge in [-0.15, -0.1) is 0 Å². The number of imide groups is 1. The first-order chi connectivity index (χ1) is 26.3. The molecular formula is C42H49ClFN5O6. The van der Waals surface area contributed by atoms with E-state index in [-0.39, 0.29) is 18.9 Å². The summed E-state index contributed by atoms with van der Waals surface area (Å²) in [5.74, 6) is 0.0864. The predicted molar refractivity (Wildman–Crippen MR) is 211 cm³/mol. The smallest absolute Gasteiger partial charge is 0.407 e. The zero-order valence-corrected chi connectivity index (χ0v) is 32.6. The highest BCUT2D eigenvalue weighted by molar-refractivity contribution is 6.30. The van der Waals surface area contributed by atoms with Crippen LogP contribution in [0.15, 0.2) is 91.0 Å². The molecule has 292 valence electrons. The molecule has 3 amide bonds. The standard InChI is InChI=1S/C42H49ClFN5O6/c1-6-34(45-27-29-13-7-8-15-33(29)44)39(50)47-40(51)38(49-22-20-48(21-23-49)35-16-9-10-17-36(35)53-5)32-19-18-30(43)25-37(32)54-31-14-11-12-28(24-31)26-46-41(52)55-42(2,3)4/h7-19,24-25,34,38,45H,6,20-23,26-27H2,1-5H3,(H,46,52)(H,47,50,51). The molecular weight excluding hydrogens is 725 g/mol. The number of carbonyl (C=O) groups excluding carboxylic acids is 3. The van der Waals surface area contributed by atoms with Crippen LogP contribution in [0.5, 0.6) is 17.2 Å². The highest BCUT2D eigenvalue weighted by atomic mass is 35.5. The lowest BCUT2D eigenvalue weighted by Gasteiger charge is -2.40. The van der Waals surface area contributed by atoms with E-state index in [1.165, 1.54) is 6.07 Å². The summed E-state index contributed by atoms with van der Waals surface area (Å²) in [6, 6.07) is 24.7. The van der Waals surface area contributed by atoms with Crippen LogP contribution >= 0.6 is 11.6 Å². The molecule has 2 unspecified atom stereocenters. The van der Waals surface area contributed by atoms with Crippen molar-refractivity contribution in [3.8, 4) is 17.2 Å². The Labute approximate surface area is 327 Å². The Bertz CT molecular complexity index is 1950. The van der Waals surface area contributed by atoms with Gasteiger partial charge in [-0.2, -0.15) is 0 Å². The van der Waals surface area contributed by atoms with E-state index >= 15 is 0 Å². The number of nitrogens with one attached hydrogen (secondary N) is 3. The minimum atomic E-state index is -0.947. The number of halogens is 2. The van der Waals surface area contributed by atoms with E-state index in [9.17, 15) is 18.8 Å². The molecule has 4 aromatic rings. The Kier molecular flexibility index (Phi) is 14.1. The third-order valence-corrected chi connectivity index (χ3v) is 9.29. The largest absolute Gasteiger partial charge is 0.495 e. The van der Waals surface area contributed by atoms with Crippen molar-refractivity contribution in [1.82, 2.24) is 20.9 Å². The van der Waals surface area contributed by atoms with Gasteiger partial charge >= 0.3 is 6.09 Å². The molecule has 0 aliphatic carbocycles. The molecule has 0 saturated carbocycles. The minimum absolute atomic E-state index is 0.114. The topological polar surface area (TPSA) is 121 Å². The van der Waals surface area contributed by atoms with Gasteiger partial charge in [-0.1, -0.05) is 67.1 Å². The maximum atomic E-state index is 14.4. The van der Waals surface area contributed by atoms with E-state index in [1.54, 1.807) is 82.5 Å². The second-order valence-corrected chi connectivity index (χ2v) is 14.6. The number of amides is 3. The molecule has 13 heteroatoms. The zero-order chi connectivity index (χ0) is 39.5. The maximum Gasteiger partial charge on any atom is 0.407 e. The lowest BCUT2D eigenvalue weighted by molar-refractivity contribution is -0.135. The molecule has 4 aromatic carbocycles. The summed E-state index contributed by atoms with van der Waals surface area (Å²) in [5, 5.41) is 8.89. The highest BCUT2D eigenvalue weighted by Crippen LogP contribution is 2.37. The number of piperazine rings is 1. The lowest BCUT2D eigenvalue weighted by Crippen LogP contribution is -2.53. The van der Waals surface area contributed by atoms with E-state index in [0.29, 0.717) is 60.2 Å². The number of methoxy groups -OCH3 is 1. The summed E-state index contributed by atoms with van der Waals surface area (Å²) < 4.78 is 31.8. The molecule has 1 aliphatic rings. The molecule has 55 heavy (non-hydrogen) atoms. The van der Waals surface area contributed by atoms with E-state index in [4.69, 9.17) is 25.8 Å². The predicted octanol–water partition coefficient (Wildman–Crippen LogP) is 7.38. The van der Waals surface area contributed by atoms with Crippen LogP contribution in [-0.4, -0.2) is 67.7 Å². The summed E-state index contributed by atoms with van der Waals surface area (Å²) in [6.07, 6.45) is -0.178. The number of ether oxygens (including phenoxy) is 3. The molecule has 1 aliphatic heterocycles. The first-order valence-electron chi connectivity index (χ1n) is 18.3. The van der Waals surface area contributed by atoms with Gasteiger partial charge in [0.1, 0.15) is 34.7 Å². The van der Waals surface area contributed by atoms with E-state index in [2.05, 4.69) is 20.9 Å². The number of benzene rings is 4. The van der Waals surface area contributed by atoms with Gasteiger partial charge in [0.15, 0.2) is 0 Å². The van der Waals surface area contributed by atoms with Crippen molar-refractivity contribution < 1.29 is 33.0 Å². The van der Waals surface area contributed by atoms with Crippen molar-refractivity contribution in [2.24, 2.45) is 0 Å². The zero-order valence-electron chi connectivity index (χ0n) is 31.9. The van der Waals surface area contributed by atoms with Gasteiger partial charge in [-0.05, 0) is 75.2 Å². The third kappa shape index (κ3) is 11.4. The Morgan fingerprint density at radius 3 is 2.29 bits per heavy atom. The summed E-state index contributed by atoms with van der Waals surface area (Å²) in [7, 11) is 1.64. The van der Waals surface area contributed by atoms with Gasteiger partial charge in [-0.25, -0.2) is 9.18 Å². The third-order valence-electron chi connectivity index (χ3n) is 9.05. The Balaban J connectivity index is 1.40. The van der Waals surface area contributed by atoms with Crippen LogP contribution in [0.25, 0.3) is 0 Å². The van der Waals surface area contributed by atoms with Crippen molar-refractivity contribution in [3.63, 3.8) is 0 Å². The first-order valence-corrected chi connectivity index (χ1v) is 18.7. The molecule has 1 saturated heterocycles. The van der Waals surface area contributed by atoms with Crippen LogP contribution in [0.4, 0.5) is 14.9 Å². The quantitative estimate of drug-likeness (QED) is 0.121. The van der Waals surface area contributed by atoms with Crippen LogP contribution in [0.2, 0.25) is 5.02 Å². The van der Waals surface area contributed by atoms with Gasteiger partial charge in [0.25, 0.3) is 0 Å². The lowest BCUT2D eigenvalue weighted by atomic mass is 10.0. The second kappa shape index (κ2) is 18.9. The summed E-state index contributed by atoms with van der Waals surface area (Å²) >= 11 is 6.52. The molecule has 1 heterocycles. The first kappa shape index (κ1) is 41.0. The molecule has 0 bridgehead atoms. The van der Waals surface area contributed by atoms with Crippen LogP contribution < -0.4 is 30.3 Å². The van der Waals surface area contributed by atoms with Crippen molar-refractivity contribution in [1.29, 1.82) is 0 Å². The number of alkyl carbamates (subject to hydrolysis) is 1. The number of nitrogens with zero attached hydrogens (tertiary/aromatic N) is 2. The van der Waals surface area contributed by atoms with E-state index < -0.39 is 35.6 Å². The van der Waals surface area contributed by atoms with Gasteiger partial charge in [0.05, 0.1) is 18.8 Å². The Morgan fingerprint density at radius 2 is 1.58 bits per heavy atom. The van der Waals surface area contributed by atoms with Crippen LogP contribution in [-0.2, 0) is 27.4 Å². The average molecular weight is 774 g/mol. The molecule has 5 rings (SSSR count). The van der Waals surface area contributed by atoms with Crippen molar-refractivity contribution in [2.45, 2.75) is 64.9 Å². The summed E-state index contributed by atoms with van der Waals surface area (Å²) in [6.45, 7) is 9.61. The number of hydrogen-bond acceptors (Lipinski definition) is 9. The molecule has 11 nitrogen and oxygen atoms in total. The van der Waals surface area contributed by atoms with E-state index in [0.717, 1.165) is 17.0 Å². The van der Waals surface area contributed by atoms with Crippen molar-refractivity contribution in [3.05, 3.63) is 119 Å². The number of para-hydroxylation sites is 2. The maximum absolute atomic E-state index is 14.4. The highest BCUT2D eigenvalue weighted by Gasteiger charge is 2.35. The fourth-order valence-corrected chi connectivity index (χ4v) is 6.51. The average Bonchev–Trinajstić information content (AvgIpc) is 3.15. The SMILES string of the molecule is CCC(NCc1ccccc1F)C(=O)NC(=O)C(c1ccc(Cl)cc1Oc1cccc(CNC(=O)OC(C)(C)C)c1)N1CCN(c2ccccc2OC)CC1. The number of carbonyl (C=O) groups is 3. The Morgan fingerprint density at radius 1 is 0.855 bits per heavy atom. The molecule has 3 N–H and O–H groups in total. The number of rotatable bonds is 14. The molecule has 0 aromatic heterocycles. The molecule has 0 radical (unpaired) electrons. The van der Waals surface area contributed by atoms with Gasteiger partial charge < -0.3 is 29.7 Å². The molecule has 0 spiro atoms. The molecule has 2 atom stereocenters. The fourth-order valence-electron chi connectivity index (χ4n) is 6.35. The minimum Gasteiger partial charge on any atom is -0.495 e. The fraction of sp³-hybridized carbons (Fsp3) is 0.357. The van der Waals surface area contributed by atoms with Crippen molar-refractivity contribution in [2.75, 3.05) is 38.2 Å². The molecule has 1 fully saturated rings. The van der Waals surface area contributed by atoms with Crippen molar-refractivity contribution >= 4 is 35.2 Å². The van der Waals surface area contributed by atoms with Gasteiger partial charge in [0.2, 0.25) is 11.8 Å². The van der Waals surface area contributed by atoms with Crippen LogP contribution in [0, 0.1) is 5.82 Å². The van der Waals surface area contributed by atoms with Crippen LogP contribution in [0.3, 0.4) is 0 Å². The summed E-state index contributed by atoms with van der Waals surface area (Å²) in [5.41, 5.74) is 1.99. The van der Waals surface area contributed by atoms with Gasteiger partial charge in [-0.3, -0.25) is 19.8 Å². The number of hydrogen-bond donors (Lipinski definition) is 3. The Hall–Kier alpha value is -5.17. The second-order valence-electron chi connectivity index (χ2n) is 14.2. The number of anilines is 1. The summed E-state index contributed by atoms with van der Waals surface area (Å²) in [4.78, 5) is 44.6. The monoisotopic (exact) mass is 773 g/mol.